The predicted molar refractivity (Wildman–Crippen MR) is 71.4 cm³/mol. The predicted octanol–water partition coefficient (Wildman–Crippen LogP) is 4.23. The summed E-state index contributed by atoms with van der Waals surface area (Å²) >= 11 is 11.8. The quantitative estimate of drug-likeness (QED) is 0.916. The molecule has 0 fully saturated rings. The van der Waals surface area contributed by atoms with Gasteiger partial charge in [0.05, 0.1) is 11.1 Å². The van der Waals surface area contributed by atoms with Gasteiger partial charge in [-0.2, -0.15) is 0 Å². The molecule has 0 aliphatic rings. The SMILES string of the molecule is C[C@H](O)c1ccc(Oc2cc(Cl)ccc2Cl)nc1. The molecule has 0 radical (unpaired) electrons. The monoisotopic (exact) mass is 283 g/mol. The average molecular weight is 284 g/mol. The van der Waals surface area contributed by atoms with Crippen LogP contribution in [0.1, 0.15) is 18.6 Å². The zero-order chi connectivity index (χ0) is 13.1. The lowest BCUT2D eigenvalue weighted by atomic mass is 10.2. The van der Waals surface area contributed by atoms with E-state index < -0.39 is 6.10 Å². The third-order valence-electron chi connectivity index (χ3n) is 2.35. The molecule has 0 aliphatic carbocycles. The van der Waals surface area contributed by atoms with Gasteiger partial charge in [-0.05, 0) is 30.7 Å². The van der Waals surface area contributed by atoms with Gasteiger partial charge in [-0.15, -0.1) is 0 Å². The van der Waals surface area contributed by atoms with Crippen LogP contribution in [0.15, 0.2) is 36.5 Å². The van der Waals surface area contributed by atoms with E-state index in [0.717, 1.165) is 5.56 Å². The molecular weight excluding hydrogens is 273 g/mol. The molecule has 1 aromatic carbocycles. The second-order valence-corrected chi connectivity index (χ2v) is 4.63. The van der Waals surface area contributed by atoms with Crippen LogP contribution in [0.25, 0.3) is 0 Å². The number of benzene rings is 1. The molecule has 3 nitrogen and oxygen atoms in total. The Morgan fingerprint density at radius 3 is 2.61 bits per heavy atom. The molecule has 0 saturated carbocycles. The van der Waals surface area contributed by atoms with E-state index in [-0.39, 0.29) is 0 Å². The average Bonchev–Trinajstić information content (AvgIpc) is 2.34. The lowest BCUT2D eigenvalue weighted by molar-refractivity contribution is 0.198. The summed E-state index contributed by atoms with van der Waals surface area (Å²) in [5.74, 6) is 0.838. The number of hydrogen-bond donors (Lipinski definition) is 1. The summed E-state index contributed by atoms with van der Waals surface area (Å²) < 4.78 is 5.52. The van der Waals surface area contributed by atoms with Gasteiger partial charge in [-0.1, -0.05) is 23.2 Å². The number of rotatable bonds is 3. The van der Waals surface area contributed by atoms with Crippen LogP contribution in [0.2, 0.25) is 10.0 Å². The molecule has 0 unspecified atom stereocenters. The highest BCUT2D eigenvalue weighted by Crippen LogP contribution is 2.31. The fraction of sp³-hybridized carbons (Fsp3) is 0.154. The zero-order valence-corrected chi connectivity index (χ0v) is 11.1. The lowest BCUT2D eigenvalue weighted by Crippen LogP contribution is -1.94. The molecule has 0 spiro atoms. The Morgan fingerprint density at radius 2 is 2.00 bits per heavy atom. The van der Waals surface area contributed by atoms with E-state index in [2.05, 4.69) is 4.98 Å². The summed E-state index contributed by atoms with van der Waals surface area (Å²) in [6, 6.07) is 8.36. The van der Waals surface area contributed by atoms with Crippen LogP contribution in [-0.2, 0) is 0 Å². The van der Waals surface area contributed by atoms with Crippen LogP contribution in [0.4, 0.5) is 0 Å². The highest BCUT2D eigenvalue weighted by molar-refractivity contribution is 6.34. The van der Waals surface area contributed by atoms with Gasteiger partial charge in [0.15, 0.2) is 0 Å². The molecule has 0 amide bonds. The molecule has 0 bridgehead atoms. The molecule has 0 saturated heterocycles. The second-order valence-electron chi connectivity index (χ2n) is 3.78. The van der Waals surface area contributed by atoms with E-state index >= 15 is 0 Å². The normalized spacial score (nSPS) is 12.2. The van der Waals surface area contributed by atoms with Crippen LogP contribution in [0.5, 0.6) is 11.6 Å². The lowest BCUT2D eigenvalue weighted by Gasteiger charge is -2.08. The van der Waals surface area contributed by atoms with Crippen molar-refractivity contribution in [2.24, 2.45) is 0 Å². The first-order chi connectivity index (χ1) is 8.56. The van der Waals surface area contributed by atoms with Gasteiger partial charge in [-0.3, -0.25) is 0 Å². The highest BCUT2D eigenvalue weighted by Gasteiger charge is 2.06. The molecule has 5 heteroatoms. The van der Waals surface area contributed by atoms with Gasteiger partial charge in [0.25, 0.3) is 0 Å². The summed E-state index contributed by atoms with van der Waals surface area (Å²) in [6.45, 7) is 1.67. The van der Waals surface area contributed by atoms with Gasteiger partial charge in [0, 0.05) is 23.4 Å². The van der Waals surface area contributed by atoms with E-state index in [4.69, 9.17) is 27.9 Å². The van der Waals surface area contributed by atoms with Crippen LogP contribution in [-0.4, -0.2) is 10.1 Å². The Hall–Kier alpha value is -1.29. The minimum Gasteiger partial charge on any atom is -0.437 e. The largest absolute Gasteiger partial charge is 0.437 e. The Balaban J connectivity index is 2.21. The topological polar surface area (TPSA) is 42.4 Å². The Labute approximate surface area is 115 Å². The fourth-order valence-corrected chi connectivity index (χ4v) is 1.69. The number of aliphatic hydroxyl groups excluding tert-OH is 1. The standard InChI is InChI=1S/C13H11Cl2NO2/c1-8(17)9-2-5-13(16-7-9)18-12-6-10(14)3-4-11(12)15/h2-8,17H,1H3/t8-/m0/s1. The molecule has 1 atom stereocenters. The van der Waals surface area contributed by atoms with Crippen LogP contribution < -0.4 is 4.74 Å². The van der Waals surface area contributed by atoms with Crippen molar-refractivity contribution in [3.8, 4) is 11.6 Å². The minimum absolute atomic E-state index is 0.392. The van der Waals surface area contributed by atoms with Crippen molar-refractivity contribution in [3.63, 3.8) is 0 Å². The molecule has 1 N–H and O–H groups in total. The van der Waals surface area contributed by atoms with Crippen molar-refractivity contribution >= 4 is 23.2 Å². The Kier molecular flexibility index (Phi) is 4.07. The maximum absolute atomic E-state index is 9.37. The molecule has 2 rings (SSSR count). The summed E-state index contributed by atoms with van der Waals surface area (Å²) in [5.41, 5.74) is 0.722. The van der Waals surface area contributed by atoms with Crippen molar-refractivity contribution in [1.29, 1.82) is 0 Å². The van der Waals surface area contributed by atoms with Crippen molar-refractivity contribution in [2.45, 2.75) is 13.0 Å². The van der Waals surface area contributed by atoms with Crippen molar-refractivity contribution < 1.29 is 9.84 Å². The third kappa shape index (κ3) is 3.13. The second kappa shape index (κ2) is 5.57. The summed E-state index contributed by atoms with van der Waals surface area (Å²) in [5, 5.41) is 10.4. The van der Waals surface area contributed by atoms with E-state index in [1.54, 1.807) is 43.5 Å². The van der Waals surface area contributed by atoms with Gasteiger partial charge in [-0.25, -0.2) is 4.98 Å². The molecule has 94 valence electrons. The van der Waals surface area contributed by atoms with Gasteiger partial charge >= 0.3 is 0 Å². The number of aliphatic hydroxyl groups is 1. The zero-order valence-electron chi connectivity index (χ0n) is 9.60. The first-order valence-corrected chi connectivity index (χ1v) is 6.09. The van der Waals surface area contributed by atoms with Gasteiger partial charge < -0.3 is 9.84 Å². The molecular formula is C13H11Cl2NO2. The summed E-state index contributed by atoms with van der Waals surface area (Å²) in [6.07, 6.45) is 1.000. The Morgan fingerprint density at radius 1 is 1.22 bits per heavy atom. The molecule has 2 aromatic rings. The number of pyridine rings is 1. The first kappa shape index (κ1) is 13.1. The fourth-order valence-electron chi connectivity index (χ4n) is 1.37. The number of hydrogen-bond acceptors (Lipinski definition) is 3. The number of nitrogens with zero attached hydrogens (tertiary/aromatic N) is 1. The maximum atomic E-state index is 9.37. The van der Waals surface area contributed by atoms with Crippen LogP contribution >= 0.6 is 23.2 Å². The van der Waals surface area contributed by atoms with Crippen LogP contribution in [0, 0.1) is 0 Å². The van der Waals surface area contributed by atoms with E-state index in [1.807, 2.05) is 0 Å². The number of halogens is 2. The molecule has 1 heterocycles. The van der Waals surface area contributed by atoms with Crippen molar-refractivity contribution in [2.75, 3.05) is 0 Å². The van der Waals surface area contributed by atoms with Crippen molar-refractivity contribution in [3.05, 3.63) is 52.1 Å². The number of ether oxygens (including phenoxy) is 1. The van der Waals surface area contributed by atoms with E-state index in [1.165, 1.54) is 0 Å². The Bertz CT molecular complexity index is 541. The van der Waals surface area contributed by atoms with E-state index in [9.17, 15) is 5.11 Å². The van der Waals surface area contributed by atoms with Gasteiger partial charge in [0.2, 0.25) is 5.88 Å². The molecule has 18 heavy (non-hydrogen) atoms. The van der Waals surface area contributed by atoms with Crippen molar-refractivity contribution in [1.82, 2.24) is 4.98 Å². The summed E-state index contributed by atoms with van der Waals surface area (Å²) in [7, 11) is 0. The third-order valence-corrected chi connectivity index (χ3v) is 2.90. The minimum atomic E-state index is -0.554. The molecule has 0 aliphatic heterocycles. The highest BCUT2D eigenvalue weighted by atomic mass is 35.5. The number of aromatic nitrogens is 1. The maximum Gasteiger partial charge on any atom is 0.219 e. The summed E-state index contributed by atoms with van der Waals surface area (Å²) in [4.78, 5) is 4.08. The smallest absolute Gasteiger partial charge is 0.219 e. The van der Waals surface area contributed by atoms with Crippen LogP contribution in [0.3, 0.4) is 0 Å². The first-order valence-electron chi connectivity index (χ1n) is 5.33. The van der Waals surface area contributed by atoms with E-state index in [0.29, 0.717) is 21.7 Å². The molecule has 1 aromatic heterocycles. The van der Waals surface area contributed by atoms with Gasteiger partial charge in [0.1, 0.15) is 5.75 Å².